The Morgan fingerprint density at radius 2 is 1.64 bits per heavy atom. The first-order valence-corrected chi connectivity index (χ1v) is 7.31. The molecule has 0 aliphatic heterocycles. The van der Waals surface area contributed by atoms with Crippen molar-refractivity contribution in [3.05, 3.63) is 58.8 Å². The standard InChI is InChI=1S/C20H8O2/c21-14-7-11-8-15(22)13-6-4-10-2-1-9-3-5-12(14)19-16(9)17(10)20(13)18(11)19/h1-8H/p+1. The second-order valence-electron chi connectivity index (χ2n) is 6.11. The predicted octanol–water partition coefficient (Wildman–Crippen LogP) is 4.55. The fourth-order valence-corrected chi connectivity index (χ4v) is 4.22. The first-order chi connectivity index (χ1) is 10.7. The Hall–Kier alpha value is -3.00. The summed E-state index contributed by atoms with van der Waals surface area (Å²) in [7, 11) is 0. The zero-order valence-electron chi connectivity index (χ0n) is 11.5. The third-order valence-corrected chi connectivity index (χ3v) is 5.08. The van der Waals surface area contributed by atoms with Gasteiger partial charge in [0, 0.05) is 45.8 Å². The molecule has 22 heavy (non-hydrogen) atoms. The SMILES string of the molecule is O=c1cc2cc(O)c3ccc4cc[c+]5ccc1c1c2c3c4c15. The summed E-state index contributed by atoms with van der Waals surface area (Å²) in [5, 5.41) is 20.7. The Bertz CT molecular complexity index is 1390. The lowest BCUT2D eigenvalue weighted by Gasteiger charge is -2.03. The maximum Gasteiger partial charge on any atom is 0.202 e. The van der Waals surface area contributed by atoms with Gasteiger partial charge in [-0.15, -0.1) is 0 Å². The number of benzene rings is 5. The van der Waals surface area contributed by atoms with Crippen LogP contribution in [0.15, 0.2) is 53.3 Å². The van der Waals surface area contributed by atoms with Crippen LogP contribution in [0.25, 0.3) is 53.9 Å². The summed E-state index contributed by atoms with van der Waals surface area (Å²) in [5.41, 5.74) is 0.0213. The summed E-state index contributed by atoms with van der Waals surface area (Å²) in [4.78, 5) is 12.5. The Balaban J connectivity index is 2.26. The second-order valence-corrected chi connectivity index (χ2v) is 6.11. The van der Waals surface area contributed by atoms with Crippen molar-refractivity contribution in [2.45, 2.75) is 0 Å². The monoisotopic (exact) mass is 281 g/mol. The van der Waals surface area contributed by atoms with Gasteiger partial charge in [0.2, 0.25) is 5.43 Å². The van der Waals surface area contributed by atoms with E-state index in [9.17, 15) is 9.90 Å². The molecule has 2 heteroatoms. The average Bonchev–Trinajstić information content (AvgIpc) is 2.88. The molecule has 0 heterocycles. The van der Waals surface area contributed by atoms with E-state index < -0.39 is 0 Å². The minimum Gasteiger partial charge on any atom is -0.507 e. The van der Waals surface area contributed by atoms with Crippen LogP contribution in [0.4, 0.5) is 0 Å². The number of phenols is 1. The van der Waals surface area contributed by atoms with Gasteiger partial charge < -0.3 is 5.11 Å². The van der Waals surface area contributed by atoms with Gasteiger partial charge in [-0.25, -0.2) is 0 Å². The molecule has 0 unspecified atom stereocenters. The normalized spacial score (nSPS) is 12.9. The molecule has 2 nitrogen and oxygen atoms in total. The van der Waals surface area contributed by atoms with Crippen molar-refractivity contribution < 1.29 is 5.11 Å². The summed E-state index contributed by atoms with van der Waals surface area (Å²) >= 11 is 0. The van der Waals surface area contributed by atoms with Crippen LogP contribution in [-0.2, 0) is 0 Å². The molecule has 6 aromatic rings. The van der Waals surface area contributed by atoms with Crippen molar-refractivity contribution in [1.29, 1.82) is 0 Å². The largest absolute Gasteiger partial charge is 0.507 e. The van der Waals surface area contributed by atoms with Gasteiger partial charge >= 0.3 is 0 Å². The van der Waals surface area contributed by atoms with E-state index in [1.807, 2.05) is 24.3 Å². The number of aromatic hydroxyl groups is 1. The molecule has 0 radical (unpaired) electrons. The molecule has 6 aromatic carbocycles. The molecule has 6 rings (SSSR count). The Morgan fingerprint density at radius 3 is 2.55 bits per heavy atom. The minimum atomic E-state index is 0.0213. The van der Waals surface area contributed by atoms with Gasteiger partial charge in [0.15, 0.2) is 0 Å². The van der Waals surface area contributed by atoms with E-state index >= 15 is 0 Å². The highest BCUT2D eigenvalue weighted by Crippen LogP contribution is 2.48. The molecular weight excluding hydrogens is 272 g/mol. The van der Waals surface area contributed by atoms with Crippen molar-refractivity contribution in [1.82, 2.24) is 0 Å². The van der Waals surface area contributed by atoms with Crippen molar-refractivity contribution >= 4 is 53.9 Å². The van der Waals surface area contributed by atoms with Gasteiger partial charge in [0.25, 0.3) is 0 Å². The van der Waals surface area contributed by atoms with E-state index in [1.165, 1.54) is 5.39 Å². The summed E-state index contributed by atoms with van der Waals surface area (Å²) < 4.78 is 0. The van der Waals surface area contributed by atoms with Crippen LogP contribution >= 0.6 is 0 Å². The molecule has 0 atom stereocenters. The molecule has 100 valence electrons. The third kappa shape index (κ3) is 0.941. The molecule has 0 amide bonds. The summed E-state index contributed by atoms with van der Waals surface area (Å²) in [6.45, 7) is 0. The second kappa shape index (κ2) is 3.09. The molecular formula is C20H9O2+. The van der Waals surface area contributed by atoms with Crippen LogP contribution in [-0.4, -0.2) is 5.11 Å². The van der Waals surface area contributed by atoms with Crippen molar-refractivity contribution in [3.8, 4) is 5.75 Å². The maximum absolute atomic E-state index is 12.5. The van der Waals surface area contributed by atoms with Crippen molar-refractivity contribution in [2.75, 3.05) is 0 Å². The zero-order chi connectivity index (χ0) is 14.6. The highest BCUT2D eigenvalue weighted by Gasteiger charge is 2.27. The Morgan fingerprint density at radius 1 is 0.773 bits per heavy atom. The minimum absolute atomic E-state index is 0.0213. The zero-order valence-corrected chi connectivity index (χ0v) is 11.5. The molecule has 0 aromatic heterocycles. The lowest BCUT2D eigenvalue weighted by molar-refractivity contribution is 0.482. The maximum atomic E-state index is 12.5. The van der Waals surface area contributed by atoms with Crippen LogP contribution in [0.1, 0.15) is 0 Å². The van der Waals surface area contributed by atoms with E-state index in [2.05, 4.69) is 12.1 Å². The first-order valence-electron chi connectivity index (χ1n) is 7.31. The van der Waals surface area contributed by atoms with Gasteiger partial charge in [-0.3, -0.25) is 4.79 Å². The molecule has 0 spiro atoms. The van der Waals surface area contributed by atoms with Gasteiger partial charge in [-0.05, 0) is 29.7 Å². The number of phenolic OH excluding ortho intramolecular Hbond substituents is 1. The van der Waals surface area contributed by atoms with E-state index in [0.29, 0.717) is 0 Å². The van der Waals surface area contributed by atoms with Crippen LogP contribution < -0.4 is 5.43 Å². The lowest BCUT2D eigenvalue weighted by Crippen LogP contribution is -1.98. The fourth-order valence-electron chi connectivity index (χ4n) is 4.22. The molecule has 0 fully saturated rings. The van der Waals surface area contributed by atoms with Crippen molar-refractivity contribution in [3.63, 3.8) is 0 Å². The van der Waals surface area contributed by atoms with Crippen molar-refractivity contribution in [2.24, 2.45) is 0 Å². The van der Waals surface area contributed by atoms with Gasteiger partial charge in [-0.2, -0.15) is 0 Å². The summed E-state index contributed by atoms with van der Waals surface area (Å²) in [5.74, 6) is 0.243. The van der Waals surface area contributed by atoms with E-state index in [1.54, 1.807) is 12.1 Å². The van der Waals surface area contributed by atoms with Crippen LogP contribution in [0.3, 0.4) is 0 Å². The fraction of sp³-hybridized carbons (Fsp3) is 0. The van der Waals surface area contributed by atoms with Gasteiger partial charge in [0.1, 0.15) is 5.75 Å². The topological polar surface area (TPSA) is 37.3 Å². The highest BCUT2D eigenvalue weighted by atomic mass is 16.3. The van der Waals surface area contributed by atoms with E-state index in [-0.39, 0.29) is 11.2 Å². The van der Waals surface area contributed by atoms with Gasteiger partial charge in [-0.1, -0.05) is 0 Å². The predicted molar refractivity (Wildman–Crippen MR) is 91.1 cm³/mol. The quantitative estimate of drug-likeness (QED) is 0.327. The molecule has 0 bridgehead atoms. The first kappa shape index (κ1) is 10.7. The molecule has 0 aliphatic carbocycles. The van der Waals surface area contributed by atoms with Crippen LogP contribution in [0.2, 0.25) is 0 Å². The molecule has 1 N–H and O–H groups in total. The molecule has 0 saturated carbocycles. The smallest absolute Gasteiger partial charge is 0.202 e. The van der Waals surface area contributed by atoms with E-state index in [0.717, 1.165) is 48.5 Å². The summed E-state index contributed by atoms with van der Waals surface area (Å²) in [6.07, 6.45) is 0. The lowest BCUT2D eigenvalue weighted by atomic mass is 9.99. The highest BCUT2D eigenvalue weighted by molar-refractivity contribution is 6.44. The van der Waals surface area contributed by atoms with Crippen LogP contribution in [0, 0.1) is 0 Å². The average molecular weight is 281 g/mol. The van der Waals surface area contributed by atoms with E-state index in [4.69, 9.17) is 0 Å². The molecule has 0 saturated heterocycles. The Kier molecular flexibility index (Phi) is 1.50. The number of hydrogen-bond acceptors (Lipinski definition) is 2. The molecule has 0 aliphatic rings. The van der Waals surface area contributed by atoms with Crippen LogP contribution in [0.5, 0.6) is 5.75 Å². The third-order valence-electron chi connectivity index (χ3n) is 5.08. The number of rotatable bonds is 0. The number of hydrogen-bond donors (Lipinski definition) is 1. The Labute approximate surface area is 124 Å². The summed E-state index contributed by atoms with van der Waals surface area (Å²) in [6, 6.07) is 15.6. The van der Waals surface area contributed by atoms with Gasteiger partial charge in [0.05, 0.1) is 26.9 Å².